The summed E-state index contributed by atoms with van der Waals surface area (Å²) < 4.78 is 57.3. The number of esters is 2. The number of anilines is 1. The number of fused-ring (bicyclic) bond motifs is 6. The average Bonchev–Trinajstić information content (AvgIpc) is 3.07. The second-order valence-corrected chi connectivity index (χ2v) is 8.73. The minimum atomic E-state index is -4.72. The average molecular weight is 524 g/mol. The highest BCUT2D eigenvalue weighted by Gasteiger charge is 2.54. The number of carbonyl (C=O) groups excluding carboxylic acids is 2. The van der Waals surface area contributed by atoms with E-state index in [1.165, 1.54) is 25.1 Å². The zero-order valence-electron chi connectivity index (χ0n) is 18.0. The Kier molecular flexibility index (Phi) is 5.19. The molecule has 0 aromatic heterocycles. The van der Waals surface area contributed by atoms with Gasteiger partial charge in [-0.15, -0.1) is 0 Å². The molecule has 2 aliphatic heterocycles. The third-order valence-electron chi connectivity index (χ3n) is 5.83. The van der Waals surface area contributed by atoms with Crippen LogP contribution in [0.2, 0.25) is 10.0 Å². The van der Waals surface area contributed by atoms with Crippen LogP contribution < -0.4 is 14.4 Å². The van der Waals surface area contributed by atoms with E-state index in [0.717, 1.165) is 13.1 Å². The van der Waals surface area contributed by atoms with Gasteiger partial charge in [0.25, 0.3) is 0 Å². The number of hydrogen-bond donors (Lipinski definition) is 0. The molecule has 3 aromatic rings. The van der Waals surface area contributed by atoms with Crippen LogP contribution in [0.4, 0.5) is 18.9 Å². The number of nitrogens with zero attached hydrogens (tertiary/aromatic N) is 1. The molecule has 180 valence electrons. The third-order valence-corrected chi connectivity index (χ3v) is 6.43. The van der Waals surface area contributed by atoms with E-state index in [2.05, 4.69) is 0 Å². The molecule has 5 rings (SSSR count). The molecule has 3 aromatic carbocycles. The SMILES string of the molecule is CC(=O)Oc1cc2c(cc1Cl)C1(OC(=O)c3ccccc31)c1cc(Cl)c(N(C)C(F)(F)F)cc1O2. The third kappa shape index (κ3) is 3.49. The molecule has 2 heterocycles. The largest absolute Gasteiger partial charge is 0.484 e. The molecule has 11 heteroatoms. The first kappa shape index (κ1) is 23.3. The molecular weight excluding hydrogens is 510 g/mol. The summed E-state index contributed by atoms with van der Waals surface area (Å²) in [6, 6.07) is 11.7. The second kappa shape index (κ2) is 7.79. The Morgan fingerprint density at radius 1 is 1.00 bits per heavy atom. The highest BCUT2D eigenvalue weighted by atomic mass is 35.5. The van der Waals surface area contributed by atoms with Crippen molar-refractivity contribution in [2.75, 3.05) is 11.9 Å². The van der Waals surface area contributed by atoms with Crippen LogP contribution >= 0.6 is 23.2 Å². The normalized spacial score (nSPS) is 17.7. The molecule has 2 aliphatic rings. The highest BCUT2D eigenvalue weighted by Crippen LogP contribution is 2.58. The van der Waals surface area contributed by atoms with Crippen LogP contribution in [0.3, 0.4) is 0 Å². The molecule has 1 spiro atoms. The Bertz CT molecular complexity index is 1420. The first-order valence-corrected chi connectivity index (χ1v) is 10.9. The van der Waals surface area contributed by atoms with Crippen LogP contribution in [0.25, 0.3) is 0 Å². The lowest BCUT2D eigenvalue weighted by molar-refractivity contribution is -0.132. The lowest BCUT2D eigenvalue weighted by Crippen LogP contribution is -2.36. The lowest BCUT2D eigenvalue weighted by atomic mass is 9.77. The fourth-order valence-electron chi connectivity index (χ4n) is 4.30. The highest BCUT2D eigenvalue weighted by molar-refractivity contribution is 6.33. The fraction of sp³-hybridized carbons (Fsp3) is 0.167. The van der Waals surface area contributed by atoms with E-state index in [0.29, 0.717) is 5.56 Å². The van der Waals surface area contributed by atoms with Crippen molar-refractivity contribution in [2.45, 2.75) is 18.8 Å². The topological polar surface area (TPSA) is 65.1 Å². The van der Waals surface area contributed by atoms with Crippen LogP contribution in [0.15, 0.2) is 48.5 Å². The fourth-order valence-corrected chi connectivity index (χ4v) is 4.80. The molecular formula is C24H14Cl2F3NO5. The van der Waals surface area contributed by atoms with Crippen molar-refractivity contribution in [3.63, 3.8) is 0 Å². The van der Waals surface area contributed by atoms with Crippen LogP contribution in [0, 0.1) is 0 Å². The summed E-state index contributed by atoms with van der Waals surface area (Å²) in [6.07, 6.45) is -4.72. The van der Waals surface area contributed by atoms with Crippen LogP contribution in [0.5, 0.6) is 17.2 Å². The van der Waals surface area contributed by atoms with E-state index in [9.17, 15) is 22.8 Å². The number of rotatable bonds is 2. The minimum Gasteiger partial charge on any atom is -0.456 e. The molecule has 0 aliphatic carbocycles. The maximum atomic E-state index is 13.4. The zero-order chi connectivity index (χ0) is 25.3. The quantitative estimate of drug-likeness (QED) is 0.218. The van der Waals surface area contributed by atoms with Crippen molar-refractivity contribution in [3.05, 3.63) is 80.8 Å². The molecule has 0 radical (unpaired) electrons. The van der Waals surface area contributed by atoms with Crippen molar-refractivity contribution < 1.29 is 37.0 Å². The zero-order valence-corrected chi connectivity index (χ0v) is 19.5. The monoisotopic (exact) mass is 523 g/mol. The Labute approximate surface area is 206 Å². The standard InChI is InChI=1S/C24H14Cl2F3NO5/c1-11(31)33-21-10-20-15(8-17(21)26)23(13-6-4-3-5-12(13)22(32)35-23)14-7-16(25)18(9-19(14)34-20)30(2)24(27,28)29/h3-10H,1-2H3. The predicted octanol–water partition coefficient (Wildman–Crippen LogP) is 6.44. The first-order chi connectivity index (χ1) is 16.4. The minimum absolute atomic E-state index is 0.0317. The van der Waals surface area contributed by atoms with Crippen LogP contribution in [0.1, 0.15) is 34.0 Å². The van der Waals surface area contributed by atoms with E-state index >= 15 is 0 Å². The van der Waals surface area contributed by atoms with Crippen molar-refractivity contribution in [2.24, 2.45) is 0 Å². The molecule has 1 unspecified atom stereocenters. The Hall–Kier alpha value is -3.43. The molecule has 1 atom stereocenters. The number of hydrogen-bond acceptors (Lipinski definition) is 6. The van der Waals surface area contributed by atoms with Crippen molar-refractivity contribution in [3.8, 4) is 17.2 Å². The molecule has 35 heavy (non-hydrogen) atoms. The summed E-state index contributed by atoms with van der Waals surface area (Å²) in [4.78, 5) is 24.5. The summed E-state index contributed by atoms with van der Waals surface area (Å²) in [5.41, 5.74) is -0.794. The summed E-state index contributed by atoms with van der Waals surface area (Å²) in [5, 5.41) is -0.205. The van der Waals surface area contributed by atoms with Gasteiger partial charge in [-0.3, -0.25) is 9.69 Å². The predicted molar refractivity (Wildman–Crippen MR) is 120 cm³/mol. The van der Waals surface area contributed by atoms with Crippen LogP contribution in [-0.2, 0) is 15.1 Å². The summed E-state index contributed by atoms with van der Waals surface area (Å²) in [7, 11) is 0.823. The van der Waals surface area contributed by atoms with E-state index in [1.54, 1.807) is 24.3 Å². The Balaban J connectivity index is 1.82. The molecule has 0 saturated carbocycles. The van der Waals surface area contributed by atoms with Gasteiger partial charge in [-0.2, -0.15) is 13.2 Å². The number of ether oxygens (including phenoxy) is 3. The molecule has 0 amide bonds. The van der Waals surface area contributed by atoms with Crippen molar-refractivity contribution in [1.29, 1.82) is 0 Å². The first-order valence-electron chi connectivity index (χ1n) is 10.1. The molecule has 0 bridgehead atoms. The molecule has 6 nitrogen and oxygen atoms in total. The lowest BCUT2D eigenvalue weighted by Gasteiger charge is -2.37. The van der Waals surface area contributed by atoms with Gasteiger partial charge in [0.2, 0.25) is 0 Å². The van der Waals surface area contributed by atoms with Gasteiger partial charge < -0.3 is 14.2 Å². The summed E-state index contributed by atoms with van der Waals surface area (Å²) in [5.74, 6) is -1.28. The van der Waals surface area contributed by atoms with Gasteiger partial charge in [-0.25, -0.2) is 4.79 Å². The van der Waals surface area contributed by atoms with Gasteiger partial charge in [-0.05, 0) is 18.2 Å². The van der Waals surface area contributed by atoms with E-state index in [1.807, 2.05) is 0 Å². The number of halogens is 5. The number of benzene rings is 3. The van der Waals surface area contributed by atoms with Gasteiger partial charge in [0, 0.05) is 42.8 Å². The van der Waals surface area contributed by atoms with Crippen molar-refractivity contribution >= 4 is 40.8 Å². The van der Waals surface area contributed by atoms with E-state index < -0.39 is 23.8 Å². The molecule has 0 saturated heterocycles. The van der Waals surface area contributed by atoms with Gasteiger partial charge >= 0.3 is 18.2 Å². The number of carbonyl (C=O) groups is 2. The van der Waals surface area contributed by atoms with Crippen molar-refractivity contribution in [1.82, 2.24) is 0 Å². The van der Waals surface area contributed by atoms with E-state index in [-0.39, 0.29) is 54.6 Å². The molecule has 0 fully saturated rings. The van der Waals surface area contributed by atoms with Gasteiger partial charge in [0.1, 0.15) is 11.5 Å². The number of alkyl halides is 3. The summed E-state index contributed by atoms with van der Waals surface area (Å²) in [6.45, 7) is 1.18. The van der Waals surface area contributed by atoms with Crippen LogP contribution in [-0.4, -0.2) is 25.3 Å². The second-order valence-electron chi connectivity index (χ2n) is 7.92. The van der Waals surface area contributed by atoms with E-state index in [4.69, 9.17) is 37.4 Å². The maximum absolute atomic E-state index is 13.4. The van der Waals surface area contributed by atoms with Gasteiger partial charge in [0.15, 0.2) is 11.4 Å². The van der Waals surface area contributed by atoms with Gasteiger partial charge in [-0.1, -0.05) is 41.4 Å². The molecule has 0 N–H and O–H groups in total. The smallest absolute Gasteiger partial charge is 0.456 e. The maximum Gasteiger partial charge on any atom is 0.484 e. The van der Waals surface area contributed by atoms with Gasteiger partial charge in [0.05, 0.1) is 21.3 Å². The summed E-state index contributed by atoms with van der Waals surface area (Å²) >= 11 is 12.7. The Morgan fingerprint density at radius 2 is 1.63 bits per heavy atom. The Morgan fingerprint density at radius 3 is 2.29 bits per heavy atom.